The van der Waals surface area contributed by atoms with Crippen LogP contribution in [0.15, 0.2) is 12.1 Å². The summed E-state index contributed by atoms with van der Waals surface area (Å²) >= 11 is 7.69. The summed E-state index contributed by atoms with van der Waals surface area (Å²) in [6, 6.07) is 4.01. The Balaban J connectivity index is 2.53. The van der Waals surface area contributed by atoms with Gasteiger partial charge in [0.1, 0.15) is 0 Å². The van der Waals surface area contributed by atoms with Gasteiger partial charge in [-0.05, 0) is 37.5 Å². The minimum atomic E-state index is -0.0397. The fourth-order valence-electron chi connectivity index (χ4n) is 1.67. The van der Waals surface area contributed by atoms with Crippen molar-refractivity contribution in [2.75, 3.05) is 16.8 Å². The van der Waals surface area contributed by atoms with E-state index in [-0.39, 0.29) is 11.9 Å². The van der Waals surface area contributed by atoms with E-state index in [4.69, 9.17) is 17.3 Å². The Kier molecular flexibility index (Phi) is 6.69. The predicted octanol–water partition coefficient (Wildman–Crippen LogP) is 3.37. The molecule has 0 fully saturated rings. The van der Waals surface area contributed by atoms with Crippen LogP contribution in [0.4, 0.5) is 5.69 Å². The summed E-state index contributed by atoms with van der Waals surface area (Å²) in [7, 11) is 0. The molecule has 0 aliphatic heterocycles. The molecule has 0 radical (unpaired) electrons. The van der Waals surface area contributed by atoms with Crippen LogP contribution in [0.3, 0.4) is 0 Å². The molecule has 3 nitrogen and oxygen atoms in total. The highest BCUT2D eigenvalue weighted by atomic mass is 35.5. The number of anilines is 1. The Labute approximate surface area is 124 Å². The first kappa shape index (κ1) is 16.3. The van der Waals surface area contributed by atoms with Gasteiger partial charge >= 0.3 is 0 Å². The van der Waals surface area contributed by atoms with Gasteiger partial charge in [0, 0.05) is 11.8 Å². The fraction of sp³-hybridized carbons (Fsp3) is 0.500. The smallest absolute Gasteiger partial charge is 0.234 e. The van der Waals surface area contributed by atoms with E-state index in [1.165, 1.54) is 0 Å². The van der Waals surface area contributed by atoms with E-state index in [1.807, 2.05) is 32.9 Å². The molecule has 0 heterocycles. The van der Waals surface area contributed by atoms with Crippen LogP contribution in [0, 0.1) is 13.8 Å². The number of halogens is 1. The molecule has 19 heavy (non-hydrogen) atoms. The Morgan fingerprint density at radius 1 is 1.47 bits per heavy atom. The number of benzene rings is 1. The van der Waals surface area contributed by atoms with E-state index in [0.717, 1.165) is 23.3 Å². The van der Waals surface area contributed by atoms with E-state index in [0.29, 0.717) is 16.5 Å². The van der Waals surface area contributed by atoms with E-state index < -0.39 is 0 Å². The van der Waals surface area contributed by atoms with E-state index in [1.54, 1.807) is 11.8 Å². The van der Waals surface area contributed by atoms with Crippen molar-refractivity contribution in [3.63, 3.8) is 0 Å². The lowest BCUT2D eigenvalue weighted by Gasteiger charge is -2.12. The van der Waals surface area contributed by atoms with Gasteiger partial charge in [0.2, 0.25) is 5.91 Å². The minimum Gasteiger partial charge on any atom is -0.327 e. The highest BCUT2D eigenvalue weighted by molar-refractivity contribution is 8.00. The molecule has 0 aliphatic carbocycles. The molecule has 5 heteroatoms. The molecule has 0 aliphatic rings. The van der Waals surface area contributed by atoms with E-state index >= 15 is 0 Å². The van der Waals surface area contributed by atoms with Gasteiger partial charge in [-0.25, -0.2) is 0 Å². The molecular weight excluding hydrogens is 280 g/mol. The number of rotatable bonds is 6. The lowest BCUT2D eigenvalue weighted by Crippen LogP contribution is -2.23. The first-order chi connectivity index (χ1) is 8.93. The first-order valence-electron chi connectivity index (χ1n) is 6.34. The molecule has 0 bridgehead atoms. The van der Waals surface area contributed by atoms with Gasteiger partial charge in [0.25, 0.3) is 0 Å². The van der Waals surface area contributed by atoms with Crippen LogP contribution in [0.2, 0.25) is 5.02 Å². The molecule has 1 amide bonds. The van der Waals surface area contributed by atoms with Crippen LogP contribution < -0.4 is 11.1 Å². The van der Waals surface area contributed by atoms with Crippen LogP contribution in [-0.4, -0.2) is 23.5 Å². The van der Waals surface area contributed by atoms with Gasteiger partial charge in [-0.15, -0.1) is 0 Å². The second-order valence-corrected chi connectivity index (χ2v) is 6.11. The molecular formula is C14H21ClN2OS. The van der Waals surface area contributed by atoms with Gasteiger partial charge in [-0.1, -0.05) is 24.6 Å². The number of carbonyl (C=O) groups excluding carboxylic acids is 1. The lowest BCUT2D eigenvalue weighted by atomic mass is 10.1. The predicted molar refractivity (Wildman–Crippen MR) is 85.1 cm³/mol. The Bertz CT molecular complexity index is 428. The maximum Gasteiger partial charge on any atom is 0.234 e. The largest absolute Gasteiger partial charge is 0.327 e. The molecule has 1 aromatic rings. The van der Waals surface area contributed by atoms with Crippen molar-refractivity contribution >= 4 is 35.0 Å². The SMILES string of the molecule is CCC(N)CSCC(=O)Nc1c(C)cc(C)cc1Cl. The summed E-state index contributed by atoms with van der Waals surface area (Å²) in [6.45, 7) is 5.96. The zero-order valence-corrected chi connectivity index (χ0v) is 13.2. The molecule has 106 valence electrons. The van der Waals surface area contributed by atoms with Crippen molar-refractivity contribution < 1.29 is 4.79 Å². The van der Waals surface area contributed by atoms with Gasteiger partial charge < -0.3 is 11.1 Å². The molecule has 0 spiro atoms. The Hall–Kier alpha value is -0.710. The second kappa shape index (κ2) is 7.78. The van der Waals surface area contributed by atoms with Gasteiger partial charge in [0.15, 0.2) is 0 Å². The number of hydrogen-bond donors (Lipinski definition) is 2. The monoisotopic (exact) mass is 300 g/mol. The van der Waals surface area contributed by atoms with Crippen LogP contribution >= 0.6 is 23.4 Å². The van der Waals surface area contributed by atoms with E-state index in [9.17, 15) is 4.79 Å². The number of carbonyl (C=O) groups is 1. The summed E-state index contributed by atoms with van der Waals surface area (Å²) < 4.78 is 0. The normalized spacial score (nSPS) is 12.3. The fourth-order valence-corrected chi connectivity index (χ4v) is 2.95. The number of nitrogens with two attached hydrogens (primary N) is 1. The molecule has 0 aromatic heterocycles. The summed E-state index contributed by atoms with van der Waals surface area (Å²) in [6.07, 6.45) is 0.928. The second-order valence-electron chi connectivity index (χ2n) is 4.67. The maximum atomic E-state index is 11.8. The number of aryl methyl sites for hydroxylation is 2. The average molecular weight is 301 g/mol. The van der Waals surface area contributed by atoms with Crippen molar-refractivity contribution in [2.24, 2.45) is 5.73 Å². The molecule has 1 aromatic carbocycles. The minimum absolute atomic E-state index is 0.0397. The van der Waals surface area contributed by atoms with Crippen LogP contribution in [0.5, 0.6) is 0 Å². The lowest BCUT2D eigenvalue weighted by molar-refractivity contribution is -0.113. The third kappa shape index (κ3) is 5.43. The van der Waals surface area contributed by atoms with Gasteiger partial charge in [-0.2, -0.15) is 11.8 Å². The quantitative estimate of drug-likeness (QED) is 0.847. The third-order valence-electron chi connectivity index (χ3n) is 2.79. The highest BCUT2D eigenvalue weighted by Gasteiger charge is 2.10. The highest BCUT2D eigenvalue weighted by Crippen LogP contribution is 2.27. The van der Waals surface area contributed by atoms with Crippen LogP contribution in [0.1, 0.15) is 24.5 Å². The number of thioether (sulfide) groups is 1. The maximum absolute atomic E-state index is 11.8. The van der Waals surface area contributed by atoms with Crippen molar-refractivity contribution in [3.8, 4) is 0 Å². The van der Waals surface area contributed by atoms with Crippen LogP contribution in [-0.2, 0) is 4.79 Å². The van der Waals surface area contributed by atoms with Crippen molar-refractivity contribution in [3.05, 3.63) is 28.3 Å². The standard InChI is InChI=1S/C14H21ClN2OS/c1-4-11(16)7-19-8-13(18)17-14-10(3)5-9(2)6-12(14)15/h5-6,11H,4,7-8,16H2,1-3H3,(H,17,18). The first-order valence-corrected chi connectivity index (χ1v) is 7.87. The molecule has 0 saturated carbocycles. The topological polar surface area (TPSA) is 55.1 Å². The van der Waals surface area contributed by atoms with E-state index in [2.05, 4.69) is 5.32 Å². The van der Waals surface area contributed by atoms with Crippen LogP contribution in [0.25, 0.3) is 0 Å². The van der Waals surface area contributed by atoms with Crippen molar-refractivity contribution in [1.82, 2.24) is 0 Å². The molecule has 0 saturated heterocycles. The van der Waals surface area contributed by atoms with Gasteiger partial charge in [0.05, 0.1) is 16.5 Å². The molecule has 1 unspecified atom stereocenters. The van der Waals surface area contributed by atoms with Crippen molar-refractivity contribution in [2.45, 2.75) is 33.2 Å². The summed E-state index contributed by atoms with van der Waals surface area (Å²) in [5.41, 5.74) is 8.58. The molecule has 3 N–H and O–H groups in total. The average Bonchev–Trinajstić information content (AvgIpc) is 2.33. The Morgan fingerprint density at radius 3 is 2.74 bits per heavy atom. The summed E-state index contributed by atoms with van der Waals surface area (Å²) in [5.74, 6) is 1.16. The zero-order chi connectivity index (χ0) is 14.4. The molecule has 1 rings (SSSR count). The summed E-state index contributed by atoms with van der Waals surface area (Å²) in [5, 5.41) is 3.45. The van der Waals surface area contributed by atoms with Crippen molar-refractivity contribution in [1.29, 1.82) is 0 Å². The summed E-state index contributed by atoms with van der Waals surface area (Å²) in [4.78, 5) is 11.8. The molecule has 1 atom stereocenters. The third-order valence-corrected chi connectivity index (χ3v) is 4.21. The Morgan fingerprint density at radius 2 is 2.16 bits per heavy atom. The zero-order valence-electron chi connectivity index (χ0n) is 11.6. The number of hydrogen-bond acceptors (Lipinski definition) is 3. The number of amides is 1. The van der Waals surface area contributed by atoms with Gasteiger partial charge in [-0.3, -0.25) is 4.79 Å². The number of nitrogens with one attached hydrogen (secondary N) is 1.